The lowest BCUT2D eigenvalue weighted by atomic mass is 10.2. The molecule has 0 radical (unpaired) electrons. The van der Waals surface area contributed by atoms with Gasteiger partial charge in [-0.15, -0.1) is 0 Å². The zero-order valence-electron chi connectivity index (χ0n) is 23.3. The quantitative estimate of drug-likeness (QED) is 0.184. The Hall–Kier alpha value is -4.47. The van der Waals surface area contributed by atoms with E-state index in [0.29, 0.717) is 22.8 Å². The summed E-state index contributed by atoms with van der Waals surface area (Å²) in [6, 6.07) is 36.4. The smallest absolute Gasteiger partial charge is 0.260 e. The number of nitrogens with zero attached hydrogens (tertiary/aromatic N) is 3. The normalized spacial score (nSPS) is 11.7. The predicted molar refractivity (Wildman–Crippen MR) is 166 cm³/mol. The van der Waals surface area contributed by atoms with E-state index < -0.39 is 20.0 Å². The van der Waals surface area contributed by atoms with Gasteiger partial charge in [0.2, 0.25) is 0 Å². The Balaban J connectivity index is 1.50. The molecule has 0 spiro atoms. The Morgan fingerprint density at radius 3 is 1.19 bits per heavy atom. The van der Waals surface area contributed by atoms with Crippen molar-refractivity contribution in [2.45, 2.75) is 36.7 Å². The number of hydrogen-bond acceptors (Lipinski definition) is 5. The average molecular weight is 598 g/mol. The second-order valence-electron chi connectivity index (χ2n) is 9.94. The minimum absolute atomic E-state index is 0.0376. The van der Waals surface area contributed by atoms with Crippen LogP contribution in [0.4, 0.5) is 11.4 Å². The highest BCUT2D eigenvalue weighted by Crippen LogP contribution is 2.28. The summed E-state index contributed by atoms with van der Waals surface area (Å²) in [5.41, 5.74) is 3.87. The minimum atomic E-state index is -3.92. The summed E-state index contributed by atoms with van der Waals surface area (Å²) in [7, 11) is -7.85. The summed E-state index contributed by atoms with van der Waals surface area (Å²) >= 11 is 0. The van der Waals surface area contributed by atoms with Crippen molar-refractivity contribution >= 4 is 31.4 Å². The van der Waals surface area contributed by atoms with Gasteiger partial charge in [0.25, 0.3) is 20.0 Å². The van der Waals surface area contributed by atoms with Gasteiger partial charge in [-0.3, -0.25) is 13.6 Å². The fourth-order valence-corrected chi connectivity index (χ4v) is 7.37. The van der Waals surface area contributed by atoms with Gasteiger partial charge in [0.05, 0.1) is 45.6 Å². The van der Waals surface area contributed by atoms with Crippen LogP contribution in [-0.2, 0) is 33.1 Å². The van der Waals surface area contributed by atoms with Crippen LogP contribution in [0.15, 0.2) is 137 Å². The molecule has 0 bridgehead atoms. The summed E-state index contributed by atoms with van der Waals surface area (Å²) in [5.74, 6) is 0. The monoisotopic (exact) mass is 597 g/mol. The molecule has 0 N–H and O–H groups in total. The van der Waals surface area contributed by atoms with E-state index in [1.807, 2.05) is 26.0 Å². The number of aryl methyl sites for hydroxylation is 2. The summed E-state index contributed by atoms with van der Waals surface area (Å²) < 4.78 is 57.9. The van der Waals surface area contributed by atoms with E-state index in [2.05, 4.69) is 0 Å². The Morgan fingerprint density at radius 1 is 0.476 bits per heavy atom. The van der Waals surface area contributed by atoms with Crippen LogP contribution in [-0.4, -0.2) is 21.8 Å². The summed E-state index contributed by atoms with van der Waals surface area (Å²) in [6.45, 7) is 3.73. The molecule has 0 fully saturated rings. The van der Waals surface area contributed by atoms with Crippen molar-refractivity contribution in [1.82, 2.24) is 4.98 Å². The van der Waals surface area contributed by atoms with Crippen molar-refractivity contribution in [3.8, 4) is 0 Å². The van der Waals surface area contributed by atoms with Crippen molar-refractivity contribution in [3.05, 3.63) is 150 Å². The van der Waals surface area contributed by atoms with Crippen molar-refractivity contribution in [3.63, 3.8) is 0 Å². The van der Waals surface area contributed by atoms with Crippen molar-refractivity contribution in [2.75, 3.05) is 8.61 Å². The second kappa shape index (κ2) is 12.2. The molecule has 5 rings (SSSR count). The number of anilines is 2. The average Bonchev–Trinajstić information content (AvgIpc) is 3.00. The molecule has 42 heavy (non-hydrogen) atoms. The van der Waals surface area contributed by atoms with Crippen LogP contribution in [0.25, 0.3) is 0 Å². The lowest BCUT2D eigenvalue weighted by molar-refractivity contribution is 0.589. The summed E-state index contributed by atoms with van der Waals surface area (Å²) in [5, 5.41) is 0. The summed E-state index contributed by atoms with van der Waals surface area (Å²) in [6.07, 6.45) is 0. The highest BCUT2D eigenvalue weighted by molar-refractivity contribution is 7.93. The Morgan fingerprint density at radius 2 is 0.833 bits per heavy atom. The number of rotatable bonds is 10. The van der Waals surface area contributed by atoms with Crippen LogP contribution in [0.2, 0.25) is 0 Å². The van der Waals surface area contributed by atoms with Crippen LogP contribution in [0.1, 0.15) is 22.5 Å². The Bertz CT molecular complexity index is 1730. The van der Waals surface area contributed by atoms with E-state index in [9.17, 15) is 16.8 Å². The number of aromatic nitrogens is 1. The first-order chi connectivity index (χ1) is 20.1. The molecular formula is C33H31N3O4S2. The molecule has 1 heterocycles. The molecule has 5 aromatic rings. The zero-order chi connectivity index (χ0) is 29.7. The predicted octanol–water partition coefficient (Wildman–Crippen LogP) is 6.49. The number of hydrogen-bond donors (Lipinski definition) is 0. The highest BCUT2D eigenvalue weighted by atomic mass is 32.2. The third-order valence-electron chi connectivity index (χ3n) is 6.78. The topological polar surface area (TPSA) is 87.7 Å². The van der Waals surface area contributed by atoms with Crippen molar-refractivity contribution < 1.29 is 16.8 Å². The number of benzene rings is 4. The molecule has 9 heteroatoms. The van der Waals surface area contributed by atoms with Crippen LogP contribution in [0.3, 0.4) is 0 Å². The molecule has 7 nitrogen and oxygen atoms in total. The first-order valence-electron chi connectivity index (χ1n) is 13.4. The lowest BCUT2D eigenvalue weighted by Gasteiger charge is -2.26. The number of sulfonamides is 2. The van der Waals surface area contributed by atoms with E-state index in [-0.39, 0.29) is 22.9 Å². The van der Waals surface area contributed by atoms with Crippen LogP contribution in [0.5, 0.6) is 0 Å². The van der Waals surface area contributed by atoms with E-state index in [1.165, 1.54) is 8.61 Å². The van der Waals surface area contributed by atoms with E-state index in [1.54, 1.807) is 115 Å². The maximum absolute atomic E-state index is 13.8. The zero-order valence-corrected chi connectivity index (χ0v) is 25.0. The van der Waals surface area contributed by atoms with Gasteiger partial charge in [-0.1, -0.05) is 77.9 Å². The maximum Gasteiger partial charge on any atom is 0.264 e. The molecule has 0 saturated heterocycles. The lowest BCUT2D eigenvalue weighted by Crippen LogP contribution is -2.32. The molecule has 0 unspecified atom stereocenters. The molecule has 0 saturated carbocycles. The molecular weight excluding hydrogens is 567 g/mol. The SMILES string of the molecule is Cc1ccc(S(=O)(=O)N(Cc2cccc(CN(c3ccccc3)S(=O)(=O)c3ccc(C)cc3)n2)c2ccccc2)cc1. The first-order valence-corrected chi connectivity index (χ1v) is 16.3. The van der Waals surface area contributed by atoms with Gasteiger partial charge in [0.1, 0.15) is 0 Å². The molecule has 0 amide bonds. The van der Waals surface area contributed by atoms with Crippen molar-refractivity contribution in [1.29, 1.82) is 0 Å². The van der Waals surface area contributed by atoms with Gasteiger partial charge in [-0.05, 0) is 74.5 Å². The standard InChI is InChI=1S/C33H31N3O4S2/c1-26-16-20-32(21-17-26)41(37,38)35(30-12-5-3-6-13-30)24-28-10-9-11-29(34-28)25-36(31-14-7-4-8-15-31)42(39,40)33-22-18-27(2)19-23-33/h3-23H,24-25H2,1-2H3. The van der Waals surface area contributed by atoms with Crippen LogP contribution in [0, 0.1) is 13.8 Å². The van der Waals surface area contributed by atoms with Gasteiger partial charge in [0.15, 0.2) is 0 Å². The number of para-hydroxylation sites is 2. The summed E-state index contributed by atoms with van der Waals surface area (Å²) in [4.78, 5) is 5.08. The molecule has 4 aromatic carbocycles. The van der Waals surface area contributed by atoms with Crippen molar-refractivity contribution in [2.24, 2.45) is 0 Å². The van der Waals surface area contributed by atoms with Crippen LogP contribution < -0.4 is 8.61 Å². The maximum atomic E-state index is 13.8. The number of pyridine rings is 1. The third-order valence-corrected chi connectivity index (χ3v) is 10.4. The first kappa shape index (κ1) is 29.0. The highest BCUT2D eigenvalue weighted by Gasteiger charge is 2.28. The van der Waals surface area contributed by atoms with E-state index in [4.69, 9.17) is 4.98 Å². The Kier molecular flexibility index (Phi) is 8.42. The van der Waals surface area contributed by atoms with Gasteiger partial charge >= 0.3 is 0 Å². The van der Waals surface area contributed by atoms with Crippen LogP contribution >= 0.6 is 0 Å². The Labute approximate surface area is 247 Å². The minimum Gasteiger partial charge on any atom is -0.260 e. The molecule has 214 valence electrons. The molecule has 0 atom stereocenters. The largest absolute Gasteiger partial charge is 0.264 e. The van der Waals surface area contributed by atoms with E-state index >= 15 is 0 Å². The van der Waals surface area contributed by atoms with Gasteiger partial charge in [-0.25, -0.2) is 16.8 Å². The second-order valence-corrected chi connectivity index (χ2v) is 13.7. The molecule has 0 aliphatic carbocycles. The van der Waals surface area contributed by atoms with Gasteiger partial charge in [0, 0.05) is 0 Å². The fourth-order valence-electron chi connectivity index (χ4n) is 4.49. The van der Waals surface area contributed by atoms with Gasteiger partial charge in [-0.2, -0.15) is 0 Å². The molecule has 0 aliphatic rings. The third kappa shape index (κ3) is 6.37. The van der Waals surface area contributed by atoms with Gasteiger partial charge < -0.3 is 0 Å². The molecule has 1 aromatic heterocycles. The molecule has 0 aliphatic heterocycles. The fraction of sp³-hybridized carbons (Fsp3) is 0.121. The van der Waals surface area contributed by atoms with E-state index in [0.717, 1.165) is 11.1 Å².